The van der Waals surface area contributed by atoms with Gasteiger partial charge in [-0.3, -0.25) is 0 Å². The fourth-order valence-corrected chi connectivity index (χ4v) is 4.50. The van der Waals surface area contributed by atoms with Crippen LogP contribution in [-0.4, -0.2) is 27.7 Å². The van der Waals surface area contributed by atoms with Crippen molar-refractivity contribution >= 4 is 27.5 Å². The number of nitrogens with one attached hydrogen (secondary N) is 1. The molecule has 2 N–H and O–H groups in total. The van der Waals surface area contributed by atoms with Crippen molar-refractivity contribution in [1.29, 1.82) is 0 Å². The number of benzene rings is 1. The molecule has 0 radical (unpaired) electrons. The average molecular weight is 339 g/mol. The number of fused-ring (bicyclic) bond motifs is 3. The van der Waals surface area contributed by atoms with Crippen molar-refractivity contribution < 1.29 is 5.11 Å². The quantitative estimate of drug-likeness (QED) is 0.756. The number of aryl methyl sites for hydroxylation is 3. The molecule has 1 atom stereocenters. The van der Waals surface area contributed by atoms with Gasteiger partial charge in [-0.15, -0.1) is 11.3 Å². The molecule has 0 bridgehead atoms. The Bertz CT molecular complexity index is 884. The number of nitrogens with zero attached hydrogens (tertiary/aromatic N) is 2. The molecule has 1 aliphatic rings. The molecule has 0 unspecified atom stereocenters. The number of anilines is 1. The molecule has 124 valence electrons. The van der Waals surface area contributed by atoms with Crippen molar-refractivity contribution in [2.24, 2.45) is 0 Å². The molecule has 0 spiro atoms. The van der Waals surface area contributed by atoms with Crippen molar-refractivity contribution in [1.82, 2.24) is 9.97 Å². The van der Waals surface area contributed by atoms with Crippen LogP contribution >= 0.6 is 11.3 Å². The molecule has 2 aromatic heterocycles. The first kappa shape index (κ1) is 15.5. The largest absolute Gasteiger partial charge is 0.392 e. The van der Waals surface area contributed by atoms with Crippen LogP contribution in [0.3, 0.4) is 0 Å². The van der Waals surface area contributed by atoms with E-state index in [1.54, 1.807) is 18.3 Å². The lowest BCUT2D eigenvalue weighted by Gasteiger charge is -2.11. The van der Waals surface area contributed by atoms with Gasteiger partial charge in [0.25, 0.3) is 0 Å². The van der Waals surface area contributed by atoms with E-state index >= 15 is 0 Å². The molecule has 0 saturated carbocycles. The van der Waals surface area contributed by atoms with Crippen molar-refractivity contribution in [2.75, 3.05) is 11.9 Å². The Balaban J connectivity index is 1.88. The molecule has 2 heterocycles. The average Bonchev–Trinajstić information content (AvgIpc) is 3.13. The van der Waals surface area contributed by atoms with Crippen LogP contribution < -0.4 is 5.32 Å². The van der Waals surface area contributed by atoms with E-state index in [1.807, 2.05) is 0 Å². The summed E-state index contributed by atoms with van der Waals surface area (Å²) in [6, 6.07) is 8.51. The van der Waals surface area contributed by atoms with Gasteiger partial charge in [0, 0.05) is 22.4 Å². The van der Waals surface area contributed by atoms with Crippen LogP contribution in [0.4, 0.5) is 5.95 Å². The van der Waals surface area contributed by atoms with Gasteiger partial charge in [0.05, 0.1) is 11.8 Å². The standard InChI is InChI=1S/C19H21N3OS/c1-11-6-8-13(9-7-11)17-16-14-4-3-5-15(14)24-18(16)22-19(21-17)20-10-12(2)23/h6-9,12,23H,3-5,10H2,1-2H3,(H,20,21,22)/t12-/m1/s1. The van der Waals surface area contributed by atoms with E-state index in [4.69, 9.17) is 9.97 Å². The zero-order valence-electron chi connectivity index (χ0n) is 14.0. The second-order valence-electron chi connectivity index (χ2n) is 6.53. The molecule has 5 heteroatoms. The summed E-state index contributed by atoms with van der Waals surface area (Å²) in [5.41, 5.74) is 4.81. The van der Waals surface area contributed by atoms with Gasteiger partial charge in [-0.1, -0.05) is 29.8 Å². The monoisotopic (exact) mass is 339 g/mol. The summed E-state index contributed by atoms with van der Waals surface area (Å²) in [7, 11) is 0. The van der Waals surface area contributed by atoms with Gasteiger partial charge in [-0.25, -0.2) is 9.97 Å². The molecule has 3 aromatic rings. The number of aliphatic hydroxyl groups is 1. The van der Waals surface area contributed by atoms with Crippen molar-refractivity contribution in [3.8, 4) is 11.3 Å². The minimum Gasteiger partial charge on any atom is -0.392 e. The van der Waals surface area contributed by atoms with Crippen LogP contribution in [-0.2, 0) is 12.8 Å². The summed E-state index contributed by atoms with van der Waals surface area (Å²) in [6.45, 7) is 4.30. The number of aromatic nitrogens is 2. The molecule has 4 rings (SSSR count). The highest BCUT2D eigenvalue weighted by Gasteiger charge is 2.23. The van der Waals surface area contributed by atoms with Crippen molar-refractivity contribution in [2.45, 2.75) is 39.2 Å². The Morgan fingerprint density at radius 1 is 1.21 bits per heavy atom. The molecular weight excluding hydrogens is 318 g/mol. The van der Waals surface area contributed by atoms with Gasteiger partial charge in [-0.05, 0) is 38.7 Å². The summed E-state index contributed by atoms with van der Waals surface area (Å²) in [4.78, 5) is 12.0. The van der Waals surface area contributed by atoms with Crippen molar-refractivity contribution in [3.05, 3.63) is 40.3 Å². The van der Waals surface area contributed by atoms with Gasteiger partial charge in [0.1, 0.15) is 4.83 Å². The van der Waals surface area contributed by atoms with E-state index in [0.717, 1.165) is 28.9 Å². The van der Waals surface area contributed by atoms with Gasteiger partial charge in [0.2, 0.25) is 5.95 Å². The van der Waals surface area contributed by atoms with Crippen LogP contribution in [0.2, 0.25) is 0 Å². The topological polar surface area (TPSA) is 58.0 Å². The Morgan fingerprint density at radius 2 is 2.00 bits per heavy atom. The first-order valence-electron chi connectivity index (χ1n) is 8.43. The fourth-order valence-electron chi connectivity index (χ4n) is 3.23. The minimum absolute atomic E-state index is 0.430. The number of hydrogen-bond acceptors (Lipinski definition) is 5. The Hall–Kier alpha value is -1.98. The number of rotatable bonds is 4. The summed E-state index contributed by atoms with van der Waals surface area (Å²) in [6.07, 6.45) is 3.07. The van der Waals surface area contributed by atoms with Crippen LogP contribution in [0.1, 0.15) is 29.3 Å². The van der Waals surface area contributed by atoms with E-state index in [0.29, 0.717) is 12.5 Å². The summed E-state index contributed by atoms with van der Waals surface area (Å²) in [5.74, 6) is 0.596. The van der Waals surface area contributed by atoms with Crippen LogP contribution in [0.5, 0.6) is 0 Å². The highest BCUT2D eigenvalue weighted by molar-refractivity contribution is 7.19. The third kappa shape index (κ3) is 2.78. The molecule has 1 aliphatic carbocycles. The SMILES string of the molecule is Cc1ccc(-c2nc(NC[C@@H](C)O)nc3sc4c(c23)CCC4)cc1. The van der Waals surface area contributed by atoms with E-state index in [2.05, 4.69) is 36.5 Å². The highest BCUT2D eigenvalue weighted by atomic mass is 32.1. The normalized spacial score (nSPS) is 14.8. The molecule has 0 amide bonds. The first-order chi connectivity index (χ1) is 11.6. The maximum absolute atomic E-state index is 9.52. The molecule has 0 saturated heterocycles. The van der Waals surface area contributed by atoms with Gasteiger partial charge in [-0.2, -0.15) is 0 Å². The van der Waals surface area contributed by atoms with Gasteiger partial charge >= 0.3 is 0 Å². The summed E-state index contributed by atoms with van der Waals surface area (Å²) >= 11 is 1.79. The minimum atomic E-state index is -0.430. The molecule has 0 fully saturated rings. The number of thiophene rings is 1. The zero-order valence-corrected chi connectivity index (χ0v) is 14.8. The second kappa shape index (κ2) is 6.15. The smallest absolute Gasteiger partial charge is 0.224 e. The third-order valence-electron chi connectivity index (χ3n) is 4.45. The summed E-state index contributed by atoms with van der Waals surface area (Å²) in [5, 5.41) is 13.9. The summed E-state index contributed by atoms with van der Waals surface area (Å²) < 4.78 is 0. The lowest BCUT2D eigenvalue weighted by atomic mass is 10.0. The third-order valence-corrected chi connectivity index (χ3v) is 5.63. The molecule has 1 aromatic carbocycles. The maximum Gasteiger partial charge on any atom is 0.224 e. The molecule has 4 nitrogen and oxygen atoms in total. The first-order valence-corrected chi connectivity index (χ1v) is 9.24. The fraction of sp³-hybridized carbons (Fsp3) is 0.368. The Morgan fingerprint density at radius 3 is 2.75 bits per heavy atom. The molecular formula is C19H21N3OS. The number of aliphatic hydroxyl groups excluding tert-OH is 1. The number of hydrogen-bond donors (Lipinski definition) is 2. The van der Waals surface area contributed by atoms with E-state index < -0.39 is 6.10 Å². The maximum atomic E-state index is 9.52. The lowest BCUT2D eigenvalue weighted by Crippen LogP contribution is -2.17. The zero-order chi connectivity index (χ0) is 16.7. The second-order valence-corrected chi connectivity index (χ2v) is 7.61. The van der Waals surface area contributed by atoms with Crippen LogP contribution in [0.25, 0.3) is 21.5 Å². The van der Waals surface area contributed by atoms with Crippen LogP contribution in [0.15, 0.2) is 24.3 Å². The van der Waals surface area contributed by atoms with E-state index in [-0.39, 0.29) is 0 Å². The van der Waals surface area contributed by atoms with Gasteiger partial charge < -0.3 is 10.4 Å². The molecule has 0 aliphatic heterocycles. The van der Waals surface area contributed by atoms with E-state index in [9.17, 15) is 5.11 Å². The Kier molecular flexibility index (Phi) is 3.98. The highest BCUT2D eigenvalue weighted by Crippen LogP contribution is 2.41. The van der Waals surface area contributed by atoms with Crippen molar-refractivity contribution in [3.63, 3.8) is 0 Å². The van der Waals surface area contributed by atoms with E-state index in [1.165, 1.54) is 27.8 Å². The predicted octanol–water partition coefficient (Wildman–Crippen LogP) is 3.95. The predicted molar refractivity (Wildman–Crippen MR) is 99.8 cm³/mol. The van der Waals surface area contributed by atoms with Gasteiger partial charge in [0.15, 0.2) is 0 Å². The lowest BCUT2D eigenvalue weighted by molar-refractivity contribution is 0.208. The van der Waals surface area contributed by atoms with Crippen LogP contribution in [0, 0.1) is 6.92 Å². The molecule has 24 heavy (non-hydrogen) atoms. The Labute approximate surface area is 145 Å².